The van der Waals surface area contributed by atoms with Crippen LogP contribution in [0.3, 0.4) is 0 Å². The monoisotopic (exact) mass is 1080 g/mol. The number of hydrogen-bond acceptors (Lipinski definition) is 14. The fraction of sp³-hybridized carbons (Fsp3) is 0.207. The van der Waals surface area contributed by atoms with Crippen molar-refractivity contribution >= 4 is 92.2 Å². The molecule has 0 saturated heterocycles. The van der Waals surface area contributed by atoms with E-state index in [-0.39, 0.29) is 17.1 Å². The number of esters is 1. The molecule has 0 fully saturated rings. The number of rotatable bonds is 12. The molecule has 7 aromatic heterocycles. The Morgan fingerprint density at radius 3 is 1.71 bits per heavy atom. The van der Waals surface area contributed by atoms with E-state index in [1.807, 2.05) is 148 Å². The Hall–Kier alpha value is -6.47. The number of ether oxygens (including phenoxy) is 1. The maximum absolute atomic E-state index is 13.0. The predicted octanol–water partition coefficient (Wildman–Crippen LogP) is 8.32. The second-order valence-corrected chi connectivity index (χ2v) is 16.6. The van der Waals surface area contributed by atoms with Gasteiger partial charge in [0.2, 0.25) is 0 Å². The van der Waals surface area contributed by atoms with Gasteiger partial charge in [-0.25, -0.2) is 9.50 Å². The van der Waals surface area contributed by atoms with Crippen LogP contribution in [0.2, 0.25) is 0 Å². The molecule has 0 amide bonds. The van der Waals surface area contributed by atoms with Crippen molar-refractivity contribution in [3.05, 3.63) is 214 Å². The van der Waals surface area contributed by atoms with Gasteiger partial charge in [0.15, 0.2) is 17.2 Å². The van der Waals surface area contributed by atoms with E-state index in [1.165, 1.54) is 81.5 Å². The summed E-state index contributed by atoms with van der Waals surface area (Å²) in [5, 5.41) is 26.7. The molecule has 0 bridgehead atoms. The molecule has 9 rings (SSSR count). The average Bonchev–Trinajstić information content (AvgIpc) is 3.98. The van der Waals surface area contributed by atoms with Crippen LogP contribution in [0.1, 0.15) is 71.8 Å². The number of hydrogen-bond donors (Lipinski definition) is 3. The third kappa shape index (κ3) is 19.8. The van der Waals surface area contributed by atoms with Gasteiger partial charge in [0.1, 0.15) is 17.6 Å². The Labute approximate surface area is 493 Å². The molecule has 0 radical (unpaired) electrons. The number of fused-ring (bicyclic) bond motifs is 1. The van der Waals surface area contributed by atoms with Gasteiger partial charge in [0.25, 0.3) is 5.56 Å². The molecule has 2 aromatic carbocycles. The van der Waals surface area contributed by atoms with E-state index in [4.69, 9.17) is 26.0 Å². The first kappa shape index (κ1) is 63.1. The summed E-state index contributed by atoms with van der Waals surface area (Å²) in [6.07, 6.45) is 8.12. The van der Waals surface area contributed by atoms with Crippen LogP contribution >= 0.6 is 0 Å². The van der Waals surface area contributed by atoms with Crippen molar-refractivity contribution in [3.8, 4) is 34.7 Å². The summed E-state index contributed by atoms with van der Waals surface area (Å²) in [4.78, 5) is 68.0. The molecule has 2 unspecified atom stereocenters. The third-order valence-corrected chi connectivity index (χ3v) is 11.2. The molecule has 77 heavy (non-hydrogen) atoms. The van der Waals surface area contributed by atoms with Gasteiger partial charge in [-0.1, -0.05) is 84.9 Å². The number of aromatic nitrogens is 9. The predicted molar refractivity (Wildman–Crippen MR) is 298 cm³/mol. The van der Waals surface area contributed by atoms with Gasteiger partial charge in [-0.05, 0) is 108 Å². The molecule has 19 heteroatoms. The molecule has 2 atom stereocenters. The van der Waals surface area contributed by atoms with Crippen molar-refractivity contribution in [3.63, 3.8) is 0 Å². The minimum absolute atomic E-state index is 0.0587. The summed E-state index contributed by atoms with van der Waals surface area (Å²) >= 11 is 2.50. The van der Waals surface area contributed by atoms with Crippen LogP contribution in [-0.4, -0.2) is 132 Å². The number of carbonyl (C=O) groups excluding carboxylic acids is 3. The van der Waals surface area contributed by atoms with Crippen molar-refractivity contribution in [1.29, 1.82) is 10.5 Å². The van der Waals surface area contributed by atoms with Crippen LogP contribution in [-0.2, 0) is 38.4 Å². The number of ketones is 2. The second-order valence-electron chi connectivity index (χ2n) is 16.6. The standard InChI is InChI=1S/C20H18N4O.C13H16O3.C9H10N4.C9H8N2O.C7H6N2.2K/c1-13-16(12-15-8-4-3-5-9-15)20(25)24-19(22-13)18(14(2)23-24)17-10-6-7-11-21-17;1-3-16-13(15)12(10(2)14)9-11-7-5-4-6-8-11;1-6-8(9(10)13-12-6)7-4-2-3-5-11-7;1-7(12)8(6-10)9-4-2-3-5-11-9;8-5-4-7-3-1-2-6-9-7;;/h3-11,23H,12H2,1-2H3;4-8,12H,3,9H2,1-2H3;2-5H,1H3,(H3,10,12,13);2-5,8H,1H3;1-3,6H,4H2;;. The Morgan fingerprint density at radius 1 is 0.701 bits per heavy atom. The molecular formula is C58H58K2N12O5. The number of nitrogens with one attached hydrogen (secondary N) is 2. The van der Waals surface area contributed by atoms with E-state index < -0.39 is 17.8 Å². The van der Waals surface area contributed by atoms with E-state index in [0.29, 0.717) is 48.6 Å². The molecule has 4 N–H and O–H groups in total. The number of nitrogens with zero attached hydrogens (tertiary/aromatic N) is 9. The van der Waals surface area contributed by atoms with Crippen molar-refractivity contribution < 1.29 is 19.1 Å². The number of benzene rings is 2. The van der Waals surface area contributed by atoms with Gasteiger partial charge in [-0.2, -0.15) is 15.6 Å². The number of aryl methyl sites for hydroxylation is 3. The molecule has 0 saturated carbocycles. The van der Waals surface area contributed by atoms with E-state index in [0.717, 1.165) is 56.4 Å². The zero-order valence-corrected chi connectivity index (χ0v) is 50.9. The number of anilines is 1. The zero-order chi connectivity index (χ0) is 56.1. The molecule has 17 nitrogen and oxygen atoms in total. The molecular weight excluding hydrogens is 1020 g/mol. The van der Waals surface area contributed by atoms with Crippen molar-refractivity contribution in [2.75, 3.05) is 12.3 Å². The number of carbonyl (C=O) groups is 3. The fourth-order valence-corrected chi connectivity index (χ4v) is 7.41. The number of pyridine rings is 4. The molecule has 0 spiro atoms. The van der Waals surface area contributed by atoms with Gasteiger partial charge in [0, 0.05) is 53.9 Å². The molecule has 0 aliphatic rings. The normalized spacial score (nSPS) is 10.7. The van der Waals surface area contributed by atoms with Gasteiger partial charge >= 0.3 is 69.1 Å². The maximum atomic E-state index is 13.0. The van der Waals surface area contributed by atoms with Crippen molar-refractivity contribution in [1.82, 2.24) is 44.7 Å². The zero-order valence-electron chi connectivity index (χ0n) is 44.6. The summed E-state index contributed by atoms with van der Waals surface area (Å²) in [5.41, 5.74) is 16.4. The number of H-pyrrole nitrogens is 2. The fourth-order valence-electron chi connectivity index (χ4n) is 7.41. The molecule has 7 heterocycles. The number of aromatic amines is 2. The minimum atomic E-state index is -0.716. The van der Waals surface area contributed by atoms with E-state index in [9.17, 15) is 19.2 Å². The number of nitriles is 2. The van der Waals surface area contributed by atoms with Crippen molar-refractivity contribution in [2.24, 2.45) is 5.92 Å². The number of Topliss-reactive ketones (excluding diaryl/α,β-unsaturated/α-hetero) is 2. The number of nitrogens with two attached hydrogens (primary N) is 1. The van der Waals surface area contributed by atoms with E-state index in [2.05, 4.69) is 35.2 Å². The summed E-state index contributed by atoms with van der Waals surface area (Å²) in [6.45, 7) is 10.6. The van der Waals surface area contributed by atoms with Crippen LogP contribution in [0.5, 0.6) is 0 Å². The SMILES string of the molecule is CC(=O)C(C#N)c1ccccn1.CCOC(=O)C(Cc1ccccc1)C(C)=O.Cc1[nH]nc(N)c1-c1ccccn1.Cc1nc2c(-c3ccccn3)c(C)[nH]n2c(=O)c1Cc1ccccc1.N#CCc1ccccn1.[K][K]. The topological polar surface area (TPSA) is 264 Å². The van der Waals surface area contributed by atoms with E-state index in [1.54, 1.807) is 49.9 Å². The summed E-state index contributed by atoms with van der Waals surface area (Å²) in [7, 11) is 0. The first-order valence-corrected chi connectivity index (χ1v) is 40.8. The van der Waals surface area contributed by atoms with Crippen LogP contribution in [0.4, 0.5) is 5.82 Å². The van der Waals surface area contributed by atoms with Crippen molar-refractivity contribution in [2.45, 2.75) is 66.7 Å². The Kier molecular flexibility index (Phi) is 28.1. The molecule has 9 aromatic rings. The second kappa shape index (κ2) is 34.3. The first-order valence-electron chi connectivity index (χ1n) is 24.8. The van der Waals surface area contributed by atoms with Crippen LogP contribution in [0.25, 0.3) is 28.2 Å². The molecule has 382 valence electrons. The number of nitrogen functional groups attached to an aromatic ring is 1. The average molecular weight is 1080 g/mol. The van der Waals surface area contributed by atoms with Crippen LogP contribution in [0, 0.1) is 49.4 Å². The van der Waals surface area contributed by atoms with Crippen LogP contribution < -0.4 is 11.3 Å². The Bertz CT molecular complexity index is 3370. The Morgan fingerprint density at radius 2 is 1.25 bits per heavy atom. The van der Waals surface area contributed by atoms with Gasteiger partial charge in [0.05, 0.1) is 59.1 Å². The summed E-state index contributed by atoms with van der Waals surface area (Å²) < 4.78 is 6.41. The molecule has 0 aliphatic carbocycles. The van der Waals surface area contributed by atoms with Gasteiger partial charge in [-0.3, -0.25) is 49.3 Å². The van der Waals surface area contributed by atoms with E-state index >= 15 is 0 Å². The Balaban J connectivity index is 0.000000216. The summed E-state index contributed by atoms with van der Waals surface area (Å²) in [6, 6.07) is 45.5. The molecule has 0 aliphatic heterocycles. The van der Waals surface area contributed by atoms with Gasteiger partial charge in [-0.15, -0.1) is 0 Å². The van der Waals surface area contributed by atoms with Crippen LogP contribution in [0.15, 0.2) is 163 Å². The first-order chi connectivity index (χ1) is 37.3. The quantitative estimate of drug-likeness (QED) is 0.0590. The van der Waals surface area contributed by atoms with Gasteiger partial charge < -0.3 is 10.5 Å². The third-order valence-electron chi connectivity index (χ3n) is 11.2. The summed E-state index contributed by atoms with van der Waals surface area (Å²) in [5.74, 6) is -1.65.